The van der Waals surface area contributed by atoms with Crippen molar-refractivity contribution in [3.05, 3.63) is 35.9 Å². The van der Waals surface area contributed by atoms with Crippen LogP contribution in [-0.2, 0) is 14.9 Å². The Labute approximate surface area is 132 Å². The van der Waals surface area contributed by atoms with E-state index in [2.05, 4.69) is 45.0 Å². The molecule has 1 saturated carbocycles. The number of hydrogen-bond acceptors (Lipinski definition) is 2. The Morgan fingerprint density at radius 2 is 1.95 bits per heavy atom. The first kappa shape index (κ1) is 16.4. The van der Waals surface area contributed by atoms with Crippen LogP contribution in [0.1, 0.15) is 45.6 Å². The molecule has 0 amide bonds. The van der Waals surface area contributed by atoms with Crippen LogP contribution in [-0.4, -0.2) is 18.0 Å². The number of benzene rings is 1. The summed E-state index contributed by atoms with van der Waals surface area (Å²) in [6, 6.07) is 10.5. The average Bonchev–Trinajstić information content (AvgIpc) is 2.48. The Balaban J connectivity index is 2.23. The van der Waals surface area contributed by atoms with E-state index in [9.17, 15) is 4.79 Å². The van der Waals surface area contributed by atoms with Crippen molar-refractivity contribution in [1.29, 1.82) is 0 Å². The third-order valence-electron chi connectivity index (χ3n) is 4.89. The van der Waals surface area contributed by atoms with Gasteiger partial charge in [0.2, 0.25) is 0 Å². The number of halogens is 1. The molecule has 1 aromatic carbocycles. The van der Waals surface area contributed by atoms with Gasteiger partial charge in [0, 0.05) is 5.92 Å². The zero-order valence-corrected chi connectivity index (χ0v) is 13.9. The van der Waals surface area contributed by atoms with Gasteiger partial charge in [0.1, 0.15) is 12.0 Å². The van der Waals surface area contributed by atoms with Gasteiger partial charge in [0.15, 0.2) is 0 Å². The van der Waals surface area contributed by atoms with Gasteiger partial charge in [0.25, 0.3) is 0 Å². The molecular formula is C18H25ClO2. The summed E-state index contributed by atoms with van der Waals surface area (Å²) >= 11 is 5.61. The van der Waals surface area contributed by atoms with Crippen LogP contribution in [0, 0.1) is 11.8 Å². The zero-order chi connectivity index (χ0) is 15.5. The molecule has 0 unspecified atom stereocenters. The molecule has 2 nitrogen and oxygen atoms in total. The smallest absolute Gasteiger partial charge is 0.321 e. The fourth-order valence-corrected chi connectivity index (χ4v) is 3.63. The quantitative estimate of drug-likeness (QED) is 0.602. The number of carbonyl (C=O) groups excluding carboxylic acids is 1. The minimum atomic E-state index is -0.301. The Kier molecular flexibility index (Phi) is 5.32. The maximum atomic E-state index is 11.6. The lowest BCUT2D eigenvalue weighted by Gasteiger charge is -2.43. The Morgan fingerprint density at radius 1 is 1.29 bits per heavy atom. The van der Waals surface area contributed by atoms with Gasteiger partial charge in [-0.15, -0.1) is 11.6 Å². The molecule has 0 bridgehead atoms. The van der Waals surface area contributed by atoms with Crippen molar-refractivity contribution in [3.8, 4) is 0 Å². The molecule has 116 valence electrons. The molecule has 1 aromatic rings. The summed E-state index contributed by atoms with van der Waals surface area (Å²) in [5.41, 5.74) is 1.29. The number of rotatable bonds is 4. The maximum absolute atomic E-state index is 11.6. The average molecular weight is 309 g/mol. The summed E-state index contributed by atoms with van der Waals surface area (Å²) in [5.74, 6) is 0.567. The summed E-state index contributed by atoms with van der Waals surface area (Å²) < 4.78 is 5.66. The van der Waals surface area contributed by atoms with Crippen LogP contribution in [0.3, 0.4) is 0 Å². The molecule has 21 heavy (non-hydrogen) atoms. The predicted octanol–water partition coefficient (Wildman–Crippen LogP) is 4.55. The molecule has 0 aromatic heterocycles. The van der Waals surface area contributed by atoms with Crippen molar-refractivity contribution in [2.24, 2.45) is 11.8 Å². The largest absolute Gasteiger partial charge is 0.461 e. The predicted molar refractivity (Wildman–Crippen MR) is 86.6 cm³/mol. The van der Waals surface area contributed by atoms with Crippen molar-refractivity contribution >= 4 is 17.6 Å². The maximum Gasteiger partial charge on any atom is 0.321 e. The minimum Gasteiger partial charge on any atom is -0.461 e. The summed E-state index contributed by atoms with van der Waals surface area (Å²) in [6.45, 7) is 6.74. The first-order valence-electron chi connectivity index (χ1n) is 7.76. The second kappa shape index (κ2) is 6.83. The van der Waals surface area contributed by atoms with Crippen molar-refractivity contribution in [2.75, 3.05) is 5.88 Å². The second-order valence-electron chi connectivity index (χ2n) is 6.77. The van der Waals surface area contributed by atoms with Gasteiger partial charge >= 0.3 is 5.97 Å². The van der Waals surface area contributed by atoms with E-state index >= 15 is 0 Å². The van der Waals surface area contributed by atoms with E-state index in [0.717, 1.165) is 12.8 Å². The van der Waals surface area contributed by atoms with Gasteiger partial charge in [-0.05, 0) is 29.7 Å². The SMILES string of the molecule is C[C@@H]1CC[C@@H](C(C)(C)c2ccccc2)[C@H](OC(=O)CCl)C1. The van der Waals surface area contributed by atoms with E-state index in [1.807, 2.05) is 6.07 Å². The number of carbonyl (C=O) groups is 1. The molecule has 3 atom stereocenters. The highest BCUT2D eigenvalue weighted by atomic mass is 35.5. The first-order chi connectivity index (χ1) is 9.95. The lowest BCUT2D eigenvalue weighted by molar-refractivity contribution is -0.153. The van der Waals surface area contributed by atoms with Crippen LogP contribution >= 0.6 is 11.6 Å². The van der Waals surface area contributed by atoms with Gasteiger partial charge in [-0.2, -0.15) is 0 Å². The van der Waals surface area contributed by atoms with E-state index in [1.54, 1.807) is 0 Å². The number of esters is 1. The second-order valence-corrected chi connectivity index (χ2v) is 7.04. The molecule has 1 aliphatic rings. The monoisotopic (exact) mass is 308 g/mol. The third kappa shape index (κ3) is 3.79. The van der Waals surface area contributed by atoms with E-state index in [-0.39, 0.29) is 23.4 Å². The first-order valence-corrected chi connectivity index (χ1v) is 8.29. The van der Waals surface area contributed by atoms with Crippen molar-refractivity contribution in [2.45, 2.75) is 51.6 Å². The number of hydrogen-bond donors (Lipinski definition) is 0. The van der Waals surface area contributed by atoms with Gasteiger partial charge in [-0.25, -0.2) is 0 Å². The van der Waals surface area contributed by atoms with Crippen LogP contribution in [0.4, 0.5) is 0 Å². The fraction of sp³-hybridized carbons (Fsp3) is 0.611. The van der Waals surface area contributed by atoms with E-state index in [0.29, 0.717) is 11.8 Å². The molecule has 1 fully saturated rings. The van der Waals surface area contributed by atoms with Gasteiger partial charge < -0.3 is 4.74 Å². The van der Waals surface area contributed by atoms with Crippen LogP contribution in [0.5, 0.6) is 0 Å². The Hall–Kier alpha value is -1.02. The molecule has 0 saturated heterocycles. The van der Waals surface area contributed by atoms with E-state index in [1.165, 1.54) is 12.0 Å². The van der Waals surface area contributed by atoms with E-state index in [4.69, 9.17) is 16.3 Å². The highest BCUT2D eigenvalue weighted by Crippen LogP contribution is 2.43. The lowest BCUT2D eigenvalue weighted by Crippen LogP contribution is -2.43. The van der Waals surface area contributed by atoms with E-state index < -0.39 is 0 Å². The third-order valence-corrected chi connectivity index (χ3v) is 5.11. The Bertz CT molecular complexity index is 469. The minimum absolute atomic E-state index is 0.0152. The van der Waals surface area contributed by atoms with Crippen molar-refractivity contribution < 1.29 is 9.53 Å². The molecule has 0 aliphatic heterocycles. The molecular weight excluding hydrogens is 284 g/mol. The standard InChI is InChI=1S/C18H25ClO2/c1-13-9-10-15(16(11-13)21-17(20)12-19)18(2,3)14-7-5-4-6-8-14/h4-8,13,15-16H,9-12H2,1-3H3/t13-,15-,16-/m1/s1. The molecule has 2 rings (SSSR count). The van der Waals surface area contributed by atoms with Crippen LogP contribution in [0.2, 0.25) is 0 Å². The highest BCUT2D eigenvalue weighted by molar-refractivity contribution is 6.26. The summed E-state index contributed by atoms with van der Waals surface area (Å²) in [6.07, 6.45) is 3.18. The summed E-state index contributed by atoms with van der Waals surface area (Å²) in [4.78, 5) is 11.6. The van der Waals surface area contributed by atoms with Crippen molar-refractivity contribution in [3.63, 3.8) is 0 Å². The zero-order valence-electron chi connectivity index (χ0n) is 13.1. The van der Waals surface area contributed by atoms with Gasteiger partial charge in [-0.3, -0.25) is 4.79 Å². The molecule has 3 heteroatoms. The van der Waals surface area contributed by atoms with Crippen molar-refractivity contribution in [1.82, 2.24) is 0 Å². The highest BCUT2D eigenvalue weighted by Gasteiger charge is 2.41. The summed E-state index contributed by atoms with van der Waals surface area (Å²) in [5, 5.41) is 0. The number of ether oxygens (including phenoxy) is 1. The normalized spacial score (nSPS) is 26.4. The molecule has 0 heterocycles. The van der Waals surface area contributed by atoms with Gasteiger partial charge in [-0.1, -0.05) is 57.5 Å². The number of alkyl halides is 1. The molecule has 0 radical (unpaired) electrons. The molecule has 0 spiro atoms. The summed E-state index contributed by atoms with van der Waals surface area (Å²) in [7, 11) is 0. The van der Waals surface area contributed by atoms with Gasteiger partial charge in [0.05, 0.1) is 0 Å². The van der Waals surface area contributed by atoms with Crippen LogP contribution < -0.4 is 0 Å². The van der Waals surface area contributed by atoms with Crippen LogP contribution in [0.15, 0.2) is 30.3 Å². The molecule has 1 aliphatic carbocycles. The topological polar surface area (TPSA) is 26.3 Å². The molecule has 0 N–H and O–H groups in total. The van der Waals surface area contributed by atoms with Crippen LogP contribution in [0.25, 0.3) is 0 Å². The fourth-order valence-electron chi connectivity index (χ4n) is 3.57. The Morgan fingerprint density at radius 3 is 2.57 bits per heavy atom. The lowest BCUT2D eigenvalue weighted by atomic mass is 9.64.